The van der Waals surface area contributed by atoms with E-state index in [1.165, 1.54) is 11.3 Å². The molecule has 1 saturated heterocycles. The van der Waals surface area contributed by atoms with Crippen molar-refractivity contribution in [1.29, 1.82) is 0 Å². The predicted molar refractivity (Wildman–Crippen MR) is 123 cm³/mol. The van der Waals surface area contributed by atoms with Gasteiger partial charge in [0.25, 0.3) is 0 Å². The van der Waals surface area contributed by atoms with E-state index in [0.29, 0.717) is 35.4 Å². The molecule has 31 heavy (non-hydrogen) atoms. The second kappa shape index (κ2) is 10.1. The van der Waals surface area contributed by atoms with Gasteiger partial charge in [-0.1, -0.05) is 29.3 Å². The van der Waals surface area contributed by atoms with Crippen molar-refractivity contribution in [2.24, 2.45) is 0 Å². The molecule has 1 unspecified atom stereocenters. The van der Waals surface area contributed by atoms with Crippen LogP contribution < -0.4 is 5.32 Å². The van der Waals surface area contributed by atoms with E-state index in [2.05, 4.69) is 15.2 Å². The molecule has 0 saturated carbocycles. The van der Waals surface area contributed by atoms with Crippen LogP contribution in [0.1, 0.15) is 23.4 Å². The molecule has 1 N–H and O–H groups in total. The highest BCUT2D eigenvalue weighted by Crippen LogP contribution is 2.39. The minimum Gasteiger partial charge on any atom is -0.463 e. The monoisotopic (exact) mass is 479 g/mol. The first-order valence-electron chi connectivity index (χ1n) is 10.1. The number of nitrogens with zero attached hydrogens (tertiary/aromatic N) is 2. The number of hydrogen-bond donors (Lipinski definition) is 1. The summed E-state index contributed by atoms with van der Waals surface area (Å²) in [5.41, 5.74) is 2.99. The van der Waals surface area contributed by atoms with E-state index in [1.54, 1.807) is 25.3 Å². The summed E-state index contributed by atoms with van der Waals surface area (Å²) in [7, 11) is 0. The standard InChI is InChI=1S/C22H23Cl2N3O3S/c1-2-30-22(28)20-16(15-4-3-14(23)11-17(15)24)12-18(21-25-5-10-31-21)26-19(20)13-27-6-8-29-9-7-27/h3-5,10-12,16,26H,2,6-9,13H2,1H3. The molecule has 0 aliphatic carbocycles. The number of morpholine rings is 1. The molecule has 6 nitrogen and oxygen atoms in total. The van der Waals surface area contributed by atoms with Gasteiger partial charge in [0, 0.05) is 52.9 Å². The molecule has 1 atom stereocenters. The van der Waals surface area contributed by atoms with Crippen LogP contribution in [0.5, 0.6) is 0 Å². The Morgan fingerprint density at radius 1 is 1.35 bits per heavy atom. The van der Waals surface area contributed by atoms with Gasteiger partial charge in [-0.25, -0.2) is 9.78 Å². The number of dihydropyridines is 1. The number of ether oxygens (including phenoxy) is 2. The lowest BCUT2D eigenvalue weighted by Gasteiger charge is -2.33. The van der Waals surface area contributed by atoms with Gasteiger partial charge < -0.3 is 14.8 Å². The lowest BCUT2D eigenvalue weighted by atomic mass is 9.86. The van der Waals surface area contributed by atoms with E-state index in [9.17, 15) is 4.79 Å². The normalized spacial score (nSPS) is 19.7. The number of benzene rings is 1. The van der Waals surface area contributed by atoms with Crippen molar-refractivity contribution in [3.63, 3.8) is 0 Å². The number of rotatable bonds is 6. The molecule has 164 valence electrons. The maximum atomic E-state index is 13.1. The number of carbonyl (C=O) groups is 1. The van der Waals surface area contributed by atoms with Gasteiger partial charge in [-0.05, 0) is 30.7 Å². The van der Waals surface area contributed by atoms with Crippen molar-refractivity contribution in [3.05, 3.63) is 67.7 Å². The fraction of sp³-hybridized carbons (Fsp3) is 0.364. The molecule has 1 aromatic heterocycles. The second-order valence-electron chi connectivity index (χ2n) is 7.19. The van der Waals surface area contributed by atoms with Gasteiger partial charge in [0.2, 0.25) is 0 Å². The largest absolute Gasteiger partial charge is 0.463 e. The molecule has 9 heteroatoms. The highest BCUT2D eigenvalue weighted by molar-refractivity contribution is 7.10. The second-order valence-corrected chi connectivity index (χ2v) is 8.93. The van der Waals surface area contributed by atoms with E-state index >= 15 is 0 Å². The molecular weight excluding hydrogens is 457 g/mol. The number of allylic oxidation sites excluding steroid dienone is 1. The van der Waals surface area contributed by atoms with Crippen LogP contribution in [0.4, 0.5) is 0 Å². The predicted octanol–water partition coefficient (Wildman–Crippen LogP) is 4.33. The zero-order valence-corrected chi connectivity index (χ0v) is 19.4. The number of thiazole rings is 1. The Labute approximate surface area is 195 Å². The Morgan fingerprint density at radius 3 is 2.84 bits per heavy atom. The smallest absolute Gasteiger partial charge is 0.336 e. The summed E-state index contributed by atoms with van der Waals surface area (Å²) >= 11 is 14.2. The van der Waals surface area contributed by atoms with Gasteiger partial charge in [-0.3, -0.25) is 4.90 Å². The molecular formula is C22H23Cl2N3O3S. The fourth-order valence-corrected chi connectivity index (χ4v) is 4.90. The Balaban J connectivity index is 1.81. The summed E-state index contributed by atoms with van der Waals surface area (Å²) in [5, 5.41) is 7.27. The van der Waals surface area contributed by atoms with Gasteiger partial charge in [0.15, 0.2) is 0 Å². The minimum atomic E-state index is -0.389. The van der Waals surface area contributed by atoms with E-state index in [1.807, 2.05) is 17.5 Å². The van der Waals surface area contributed by atoms with Gasteiger partial charge in [0.05, 0.1) is 31.1 Å². The van der Waals surface area contributed by atoms with E-state index in [0.717, 1.165) is 35.1 Å². The van der Waals surface area contributed by atoms with Crippen molar-refractivity contribution in [2.75, 3.05) is 39.5 Å². The lowest BCUT2D eigenvalue weighted by molar-refractivity contribution is -0.138. The Kier molecular flexibility index (Phi) is 7.30. The van der Waals surface area contributed by atoms with Gasteiger partial charge in [0.1, 0.15) is 5.01 Å². The highest BCUT2D eigenvalue weighted by Gasteiger charge is 2.33. The maximum Gasteiger partial charge on any atom is 0.336 e. The first kappa shape index (κ1) is 22.3. The van der Waals surface area contributed by atoms with Crippen LogP contribution in [0, 0.1) is 0 Å². The van der Waals surface area contributed by atoms with Crippen LogP contribution in [0.2, 0.25) is 10.0 Å². The number of aromatic nitrogens is 1. The topological polar surface area (TPSA) is 63.7 Å². The summed E-state index contributed by atoms with van der Waals surface area (Å²) in [6.45, 7) is 5.60. The van der Waals surface area contributed by atoms with Gasteiger partial charge >= 0.3 is 5.97 Å². The van der Waals surface area contributed by atoms with Crippen molar-refractivity contribution in [3.8, 4) is 0 Å². The average Bonchev–Trinajstić information content (AvgIpc) is 3.29. The minimum absolute atomic E-state index is 0.289. The number of esters is 1. The van der Waals surface area contributed by atoms with Crippen molar-refractivity contribution in [1.82, 2.24) is 15.2 Å². The molecule has 2 aliphatic rings. The summed E-state index contributed by atoms with van der Waals surface area (Å²) in [6.07, 6.45) is 3.75. The third kappa shape index (κ3) is 5.13. The van der Waals surface area contributed by atoms with Crippen molar-refractivity contribution >= 4 is 46.2 Å². The quantitative estimate of drug-likeness (QED) is 0.622. The van der Waals surface area contributed by atoms with Crippen LogP contribution in [-0.2, 0) is 14.3 Å². The van der Waals surface area contributed by atoms with Gasteiger partial charge in [-0.2, -0.15) is 0 Å². The first-order valence-corrected chi connectivity index (χ1v) is 11.7. The molecule has 1 fully saturated rings. The van der Waals surface area contributed by atoms with E-state index in [-0.39, 0.29) is 18.5 Å². The fourth-order valence-electron chi connectivity index (χ4n) is 3.76. The third-order valence-corrected chi connectivity index (χ3v) is 6.56. The number of halogens is 2. The van der Waals surface area contributed by atoms with Gasteiger partial charge in [-0.15, -0.1) is 11.3 Å². The molecule has 4 rings (SSSR count). The van der Waals surface area contributed by atoms with Crippen molar-refractivity contribution in [2.45, 2.75) is 12.8 Å². The SMILES string of the molecule is CCOC(=O)C1=C(CN2CCOCC2)NC(c2nccs2)=CC1c1ccc(Cl)cc1Cl. The first-order chi connectivity index (χ1) is 15.1. The molecule has 0 radical (unpaired) electrons. The Bertz CT molecular complexity index is 1000. The number of hydrogen-bond acceptors (Lipinski definition) is 7. The summed E-state index contributed by atoms with van der Waals surface area (Å²) in [6, 6.07) is 5.34. The van der Waals surface area contributed by atoms with E-state index in [4.69, 9.17) is 32.7 Å². The zero-order chi connectivity index (χ0) is 21.8. The summed E-state index contributed by atoms with van der Waals surface area (Å²) in [4.78, 5) is 19.8. The van der Waals surface area contributed by atoms with Crippen LogP contribution in [0.25, 0.3) is 5.70 Å². The maximum absolute atomic E-state index is 13.1. The molecule has 3 heterocycles. The van der Waals surface area contributed by atoms with Crippen LogP contribution >= 0.6 is 34.5 Å². The molecule has 0 amide bonds. The molecule has 0 spiro atoms. The van der Waals surface area contributed by atoms with Crippen LogP contribution in [0.15, 0.2) is 47.1 Å². The Morgan fingerprint density at radius 2 is 2.16 bits per heavy atom. The van der Waals surface area contributed by atoms with E-state index < -0.39 is 0 Å². The molecule has 0 bridgehead atoms. The zero-order valence-electron chi connectivity index (χ0n) is 17.1. The Hall–Kier alpha value is -1.90. The average molecular weight is 480 g/mol. The third-order valence-electron chi connectivity index (χ3n) is 5.20. The summed E-state index contributed by atoms with van der Waals surface area (Å²) in [5.74, 6) is -0.747. The van der Waals surface area contributed by atoms with Crippen LogP contribution in [0.3, 0.4) is 0 Å². The number of nitrogens with one attached hydrogen (secondary N) is 1. The summed E-state index contributed by atoms with van der Waals surface area (Å²) < 4.78 is 10.9. The van der Waals surface area contributed by atoms with Crippen LogP contribution in [-0.4, -0.2) is 55.3 Å². The highest BCUT2D eigenvalue weighted by atomic mass is 35.5. The lowest BCUT2D eigenvalue weighted by Crippen LogP contribution is -2.41. The molecule has 1 aromatic carbocycles. The number of carbonyl (C=O) groups excluding carboxylic acids is 1. The molecule has 2 aliphatic heterocycles. The molecule has 2 aromatic rings. The van der Waals surface area contributed by atoms with Crippen molar-refractivity contribution < 1.29 is 14.3 Å².